The number of aliphatic carboxylic acids is 1. The van der Waals surface area contributed by atoms with Crippen LogP contribution in [0.4, 0.5) is 0 Å². The summed E-state index contributed by atoms with van der Waals surface area (Å²) in [5, 5.41) is 17.7. The number of hydrogen-bond donors (Lipinski definition) is 5. The molecule has 1 fully saturated rings. The number of nitrogens with one attached hydrogen (secondary N) is 3. The molecular formula is C60H91BN6O14. The number of amides is 5. The van der Waals surface area contributed by atoms with E-state index in [0.29, 0.717) is 11.1 Å². The highest BCUT2D eigenvalue weighted by molar-refractivity contribution is 6.48. The van der Waals surface area contributed by atoms with E-state index >= 15 is 14.4 Å². The average Bonchev–Trinajstić information content (AvgIpc) is 3.55. The summed E-state index contributed by atoms with van der Waals surface area (Å²) < 4.78 is 30.6. The third-order valence-corrected chi connectivity index (χ3v) is 13.1. The molecular weight excluding hydrogens is 1040 g/mol. The summed E-state index contributed by atoms with van der Waals surface area (Å²) in [4.78, 5) is 119. The Hall–Kier alpha value is -6.45. The molecule has 2 aromatic rings. The van der Waals surface area contributed by atoms with Crippen LogP contribution in [-0.4, -0.2) is 135 Å². The standard InChI is InChI=1S/C60H91BN6O14/c1-18-24-46(61-80-59(14,15)60(16,17)81-61)66-54(79-58(11,12)13)45(33-37(2)3)67(47(68)30-32-49(71)77-56(5,6)7)55(76)44(34-39-26-20-19-21-27-39)65-53(75)43(35-40-28-23-22-25-38(40)4)64-52(74)42(29-31-48(69)70)63-51(73)41(62)36-50(72)78-57(8,9)10/h18-23,25-28,37,41-46H,1,24,29-36,62H2,2-17H3,(H,63,73)(H,64,74)(H,65,75)(H,69,70)/t41-,42-,43-,44-,45-,46?/m0/s1. The summed E-state index contributed by atoms with van der Waals surface area (Å²) in [6, 6.07) is 8.40. The number of rotatable bonds is 27. The summed E-state index contributed by atoms with van der Waals surface area (Å²) in [6.07, 6.45) is -0.900. The fraction of sp³-hybridized carbons (Fsp3) is 0.617. The first kappa shape index (κ1) is 68.8. The topological polar surface area (TPSA) is 281 Å². The molecule has 6 atom stereocenters. The molecule has 0 bridgehead atoms. The van der Waals surface area contributed by atoms with Crippen LogP contribution in [0.25, 0.3) is 0 Å². The molecule has 2 aromatic carbocycles. The minimum atomic E-state index is -1.58. The quantitative estimate of drug-likeness (QED) is 0.0201. The normalized spacial score (nSPS) is 16.6. The number of esters is 2. The Morgan fingerprint density at radius 1 is 0.716 bits per heavy atom. The Morgan fingerprint density at radius 2 is 1.23 bits per heavy atom. The summed E-state index contributed by atoms with van der Waals surface area (Å²) in [5.74, 6) is -8.36. The lowest BCUT2D eigenvalue weighted by Gasteiger charge is -2.37. The van der Waals surface area contributed by atoms with E-state index in [4.69, 9.17) is 34.2 Å². The molecule has 21 heteroatoms. The maximum Gasteiger partial charge on any atom is 0.484 e. The Kier molecular flexibility index (Phi) is 25.1. The van der Waals surface area contributed by atoms with Crippen LogP contribution < -0.4 is 21.7 Å². The lowest BCUT2D eigenvalue weighted by atomic mass is 9.76. The maximum absolute atomic E-state index is 16.0. The van der Waals surface area contributed by atoms with Crippen molar-refractivity contribution >= 4 is 60.5 Å². The molecule has 0 saturated carbocycles. The lowest BCUT2D eigenvalue weighted by molar-refractivity contribution is -0.158. The Labute approximate surface area is 480 Å². The van der Waals surface area contributed by atoms with Gasteiger partial charge in [-0.25, -0.2) is 0 Å². The summed E-state index contributed by atoms with van der Waals surface area (Å²) in [6.45, 7) is 32.6. The monoisotopic (exact) mass is 1130 g/mol. The highest BCUT2D eigenvalue weighted by Crippen LogP contribution is 2.39. The number of imide groups is 1. The number of nitrogens with two attached hydrogens (primary N) is 1. The molecule has 1 aliphatic rings. The van der Waals surface area contributed by atoms with Crippen LogP contribution in [0.5, 0.6) is 0 Å². The van der Waals surface area contributed by atoms with Crippen molar-refractivity contribution in [3.05, 3.63) is 83.9 Å². The van der Waals surface area contributed by atoms with Crippen molar-refractivity contribution in [3.8, 4) is 0 Å². The van der Waals surface area contributed by atoms with Crippen molar-refractivity contribution in [1.29, 1.82) is 0 Å². The zero-order valence-electron chi connectivity index (χ0n) is 50.7. The third-order valence-electron chi connectivity index (χ3n) is 13.1. The number of hydrogen-bond acceptors (Lipinski definition) is 15. The van der Waals surface area contributed by atoms with Gasteiger partial charge in [0.1, 0.15) is 41.0 Å². The minimum Gasteiger partial charge on any atom is -0.481 e. The number of carbonyl (C=O) groups is 8. The zero-order valence-corrected chi connectivity index (χ0v) is 50.7. The molecule has 6 N–H and O–H groups in total. The van der Waals surface area contributed by atoms with E-state index in [9.17, 15) is 29.1 Å². The molecule has 1 unspecified atom stereocenters. The first-order valence-corrected chi connectivity index (χ1v) is 27.8. The lowest BCUT2D eigenvalue weighted by Crippen LogP contribution is -2.61. The van der Waals surface area contributed by atoms with Crippen molar-refractivity contribution in [2.75, 3.05) is 0 Å². The highest BCUT2D eigenvalue weighted by atomic mass is 16.7. The molecule has 448 valence electrons. The molecule has 1 heterocycles. The van der Waals surface area contributed by atoms with E-state index in [1.165, 1.54) is 0 Å². The fourth-order valence-electron chi connectivity index (χ4n) is 8.54. The Morgan fingerprint density at radius 3 is 1.77 bits per heavy atom. The van der Waals surface area contributed by atoms with Crippen LogP contribution in [0, 0.1) is 12.8 Å². The average molecular weight is 1130 g/mol. The Bertz CT molecular complexity index is 2530. The second-order valence-electron chi connectivity index (χ2n) is 25.1. The summed E-state index contributed by atoms with van der Waals surface area (Å²) in [5.41, 5.74) is 3.75. The van der Waals surface area contributed by atoms with Crippen LogP contribution >= 0.6 is 0 Å². The number of ether oxygens (including phenoxy) is 3. The van der Waals surface area contributed by atoms with E-state index in [1.54, 1.807) is 130 Å². The predicted molar refractivity (Wildman–Crippen MR) is 309 cm³/mol. The molecule has 0 aliphatic carbocycles. The molecule has 3 rings (SSSR count). The summed E-state index contributed by atoms with van der Waals surface area (Å²) >= 11 is 0. The number of aliphatic imine (C=N–C) groups is 1. The number of aryl methyl sites for hydroxylation is 1. The first-order valence-electron chi connectivity index (χ1n) is 27.8. The third kappa shape index (κ3) is 23.1. The van der Waals surface area contributed by atoms with Crippen molar-refractivity contribution < 1.29 is 67.0 Å². The van der Waals surface area contributed by atoms with E-state index in [1.807, 2.05) is 41.5 Å². The SMILES string of the molecule is C=CCC(N=C(OC(C)(C)C)[C@H](CC(C)C)N(C(=O)CCC(=O)OC(C)(C)C)C(=O)[C@H](Cc1ccccc1)NC(=O)[C@H](Cc1ccccc1C)NC(=O)[C@H](CCC(=O)O)NC(=O)[C@@H](N)CC(=O)OC(C)(C)C)B1OC(C)(C)C(C)(C)O1. The number of carbonyl (C=O) groups excluding carboxylic acids is 7. The van der Waals surface area contributed by atoms with Crippen molar-refractivity contribution in [2.45, 2.75) is 233 Å². The van der Waals surface area contributed by atoms with Crippen LogP contribution in [0.2, 0.25) is 0 Å². The fourth-order valence-corrected chi connectivity index (χ4v) is 8.54. The molecule has 0 aromatic heterocycles. The van der Waals surface area contributed by atoms with Gasteiger partial charge in [-0.1, -0.05) is 74.5 Å². The molecule has 1 saturated heterocycles. The van der Waals surface area contributed by atoms with Gasteiger partial charge in [0.2, 0.25) is 29.5 Å². The molecule has 5 amide bonds. The zero-order chi connectivity index (χ0) is 61.4. The van der Waals surface area contributed by atoms with E-state index in [2.05, 4.69) is 22.5 Å². The van der Waals surface area contributed by atoms with Gasteiger partial charge in [-0.2, -0.15) is 0 Å². The number of nitrogens with zero attached hydrogens (tertiary/aromatic N) is 2. The van der Waals surface area contributed by atoms with Crippen LogP contribution in [-0.2, 0) is 74.7 Å². The van der Waals surface area contributed by atoms with Gasteiger partial charge in [-0.3, -0.25) is 48.2 Å². The molecule has 0 radical (unpaired) electrons. The second kappa shape index (κ2) is 29.5. The van der Waals surface area contributed by atoms with Crippen molar-refractivity contribution in [1.82, 2.24) is 20.9 Å². The molecule has 0 spiro atoms. The van der Waals surface area contributed by atoms with Gasteiger partial charge in [0, 0.05) is 25.7 Å². The number of carboxylic acid groups (broad SMARTS) is 1. The number of benzene rings is 2. The van der Waals surface area contributed by atoms with Gasteiger partial charge >= 0.3 is 25.0 Å². The highest BCUT2D eigenvalue weighted by Gasteiger charge is 2.54. The largest absolute Gasteiger partial charge is 0.484 e. The van der Waals surface area contributed by atoms with E-state index < -0.39 is 151 Å². The summed E-state index contributed by atoms with van der Waals surface area (Å²) in [7, 11) is -0.921. The van der Waals surface area contributed by atoms with Gasteiger partial charge in [0.05, 0.1) is 36.0 Å². The minimum absolute atomic E-state index is 0.0218. The van der Waals surface area contributed by atoms with Gasteiger partial charge in [0.15, 0.2) is 0 Å². The van der Waals surface area contributed by atoms with Gasteiger partial charge in [-0.05, 0) is 139 Å². The van der Waals surface area contributed by atoms with Gasteiger partial charge < -0.3 is 50.3 Å². The Balaban J connectivity index is 2.32. The van der Waals surface area contributed by atoms with E-state index in [-0.39, 0.29) is 37.5 Å². The molecule has 20 nitrogen and oxygen atoms in total. The first-order chi connectivity index (χ1) is 37.3. The molecule has 1 aliphatic heterocycles. The maximum atomic E-state index is 16.0. The molecule has 81 heavy (non-hydrogen) atoms. The van der Waals surface area contributed by atoms with Crippen molar-refractivity contribution in [2.24, 2.45) is 16.6 Å². The van der Waals surface area contributed by atoms with Gasteiger partial charge in [0.25, 0.3) is 5.91 Å². The smallest absolute Gasteiger partial charge is 0.481 e. The van der Waals surface area contributed by atoms with Crippen molar-refractivity contribution in [3.63, 3.8) is 0 Å². The predicted octanol–water partition coefficient (Wildman–Crippen LogP) is 6.84. The van der Waals surface area contributed by atoms with Gasteiger partial charge in [-0.15, -0.1) is 6.58 Å². The van der Waals surface area contributed by atoms with Crippen LogP contribution in [0.15, 0.2) is 72.2 Å². The van der Waals surface area contributed by atoms with Crippen LogP contribution in [0.3, 0.4) is 0 Å². The number of carboxylic acids is 1. The van der Waals surface area contributed by atoms with E-state index in [0.717, 1.165) is 10.5 Å². The second-order valence-corrected chi connectivity index (χ2v) is 25.1. The van der Waals surface area contributed by atoms with Crippen LogP contribution in [0.1, 0.15) is 165 Å².